The van der Waals surface area contributed by atoms with Crippen LogP contribution in [0.15, 0.2) is 69.5 Å². The molecule has 0 aliphatic carbocycles. The van der Waals surface area contributed by atoms with Crippen LogP contribution in [0.2, 0.25) is 10.0 Å². The number of hydrogen-bond acceptors (Lipinski definition) is 4. The van der Waals surface area contributed by atoms with Gasteiger partial charge >= 0.3 is 0 Å². The third-order valence-electron chi connectivity index (χ3n) is 4.35. The summed E-state index contributed by atoms with van der Waals surface area (Å²) in [5.74, 6) is 0.321. The number of benzene rings is 2. The maximum Gasteiger partial charge on any atom is 0.291 e. The molecule has 30 heavy (non-hydrogen) atoms. The first-order valence-electron chi connectivity index (χ1n) is 8.80. The zero-order chi connectivity index (χ0) is 21.3. The molecular formula is C22H14Cl2FNO4. The van der Waals surface area contributed by atoms with Crippen molar-refractivity contribution in [2.75, 3.05) is 5.32 Å². The van der Waals surface area contributed by atoms with Gasteiger partial charge in [0.15, 0.2) is 5.76 Å². The Kier molecular flexibility index (Phi) is 5.63. The van der Waals surface area contributed by atoms with Crippen LogP contribution in [0.1, 0.15) is 16.3 Å². The molecule has 0 fully saturated rings. The average molecular weight is 446 g/mol. The van der Waals surface area contributed by atoms with Crippen molar-refractivity contribution >= 4 is 34.8 Å². The predicted molar refractivity (Wildman–Crippen MR) is 112 cm³/mol. The van der Waals surface area contributed by atoms with Crippen molar-refractivity contribution in [3.05, 3.63) is 88.0 Å². The van der Waals surface area contributed by atoms with E-state index < -0.39 is 11.7 Å². The van der Waals surface area contributed by atoms with Crippen molar-refractivity contribution in [2.24, 2.45) is 0 Å². The highest BCUT2D eigenvalue weighted by Gasteiger charge is 2.16. The van der Waals surface area contributed by atoms with Gasteiger partial charge in [0, 0.05) is 11.1 Å². The Morgan fingerprint density at radius 3 is 2.33 bits per heavy atom. The van der Waals surface area contributed by atoms with Gasteiger partial charge in [-0.05, 0) is 60.7 Å². The highest BCUT2D eigenvalue weighted by atomic mass is 35.5. The molecular weight excluding hydrogens is 432 g/mol. The van der Waals surface area contributed by atoms with Crippen LogP contribution >= 0.6 is 23.2 Å². The summed E-state index contributed by atoms with van der Waals surface area (Å²) in [6.07, 6.45) is 0. The minimum absolute atomic E-state index is 0.0409. The molecule has 2 aromatic heterocycles. The Labute approximate surface area is 180 Å². The van der Waals surface area contributed by atoms with E-state index in [9.17, 15) is 9.18 Å². The van der Waals surface area contributed by atoms with Crippen molar-refractivity contribution in [1.29, 1.82) is 0 Å². The van der Waals surface area contributed by atoms with Gasteiger partial charge in [-0.3, -0.25) is 4.79 Å². The zero-order valence-corrected chi connectivity index (χ0v) is 16.8. The number of rotatable bonds is 5. The fourth-order valence-corrected chi connectivity index (χ4v) is 3.19. The van der Waals surface area contributed by atoms with Crippen molar-refractivity contribution in [3.63, 3.8) is 0 Å². The molecule has 1 amide bonds. The van der Waals surface area contributed by atoms with Gasteiger partial charge in [-0.1, -0.05) is 23.2 Å². The summed E-state index contributed by atoms with van der Waals surface area (Å²) in [4.78, 5) is 12.6. The van der Waals surface area contributed by atoms with E-state index in [0.29, 0.717) is 39.1 Å². The van der Waals surface area contributed by atoms with Crippen molar-refractivity contribution < 1.29 is 23.1 Å². The highest BCUT2D eigenvalue weighted by Crippen LogP contribution is 2.31. The summed E-state index contributed by atoms with van der Waals surface area (Å²) in [7, 11) is 0. The van der Waals surface area contributed by atoms with E-state index in [-0.39, 0.29) is 17.4 Å². The number of furan rings is 2. The standard InChI is InChI=1S/C22H14Cl2FNO4/c23-15-4-1-13(19-6-3-14(11-27)29-19)10-18(15)26-22(28)21-8-7-20(30-21)12-2-5-17(25)16(24)9-12/h1-10,27H,11H2,(H,26,28). The second-order valence-corrected chi connectivity index (χ2v) is 7.18. The number of anilines is 1. The van der Waals surface area contributed by atoms with E-state index in [0.717, 1.165) is 0 Å². The molecule has 0 saturated heterocycles. The van der Waals surface area contributed by atoms with E-state index in [2.05, 4.69) is 5.32 Å². The van der Waals surface area contributed by atoms with Crippen molar-refractivity contribution in [3.8, 4) is 22.6 Å². The number of hydrogen-bond donors (Lipinski definition) is 2. The summed E-state index contributed by atoms with van der Waals surface area (Å²) in [5.41, 5.74) is 1.58. The second-order valence-electron chi connectivity index (χ2n) is 6.37. The van der Waals surface area contributed by atoms with Gasteiger partial charge in [0.25, 0.3) is 5.91 Å². The number of aliphatic hydroxyl groups excluding tert-OH is 1. The Morgan fingerprint density at radius 2 is 1.60 bits per heavy atom. The van der Waals surface area contributed by atoms with Crippen LogP contribution in [-0.4, -0.2) is 11.0 Å². The molecule has 0 aliphatic rings. The molecule has 2 aromatic carbocycles. The van der Waals surface area contributed by atoms with Crippen molar-refractivity contribution in [1.82, 2.24) is 0 Å². The molecule has 8 heteroatoms. The van der Waals surface area contributed by atoms with Gasteiger partial charge in [-0.15, -0.1) is 0 Å². The fourth-order valence-electron chi connectivity index (χ4n) is 2.84. The lowest BCUT2D eigenvalue weighted by Crippen LogP contribution is -2.11. The molecule has 0 bridgehead atoms. The van der Waals surface area contributed by atoms with Gasteiger partial charge < -0.3 is 19.3 Å². The molecule has 0 spiro atoms. The molecule has 5 nitrogen and oxygen atoms in total. The van der Waals surface area contributed by atoms with E-state index in [1.165, 1.54) is 24.3 Å². The Balaban J connectivity index is 1.56. The van der Waals surface area contributed by atoms with Gasteiger partial charge in [0.1, 0.15) is 29.7 Å². The zero-order valence-electron chi connectivity index (χ0n) is 15.3. The Morgan fingerprint density at radius 1 is 0.900 bits per heavy atom. The fraction of sp³-hybridized carbons (Fsp3) is 0.0455. The average Bonchev–Trinajstić information content (AvgIpc) is 3.41. The molecule has 4 rings (SSSR count). The SMILES string of the molecule is O=C(Nc1cc(-c2ccc(CO)o2)ccc1Cl)c1ccc(-c2ccc(F)c(Cl)c2)o1. The topological polar surface area (TPSA) is 75.6 Å². The molecule has 0 atom stereocenters. The maximum absolute atomic E-state index is 13.3. The monoisotopic (exact) mass is 445 g/mol. The molecule has 0 radical (unpaired) electrons. The smallest absolute Gasteiger partial charge is 0.291 e. The predicted octanol–water partition coefficient (Wildman–Crippen LogP) is 6.40. The molecule has 4 aromatic rings. The third-order valence-corrected chi connectivity index (χ3v) is 4.97. The number of halogens is 3. The van der Waals surface area contributed by atoms with Crippen LogP contribution in [0.4, 0.5) is 10.1 Å². The second kappa shape index (κ2) is 8.36. The summed E-state index contributed by atoms with van der Waals surface area (Å²) in [6.45, 7) is -0.211. The van der Waals surface area contributed by atoms with Gasteiger partial charge in [-0.2, -0.15) is 0 Å². The van der Waals surface area contributed by atoms with Crippen LogP contribution in [0.5, 0.6) is 0 Å². The first-order valence-corrected chi connectivity index (χ1v) is 9.56. The lowest BCUT2D eigenvalue weighted by molar-refractivity contribution is 0.0997. The number of amides is 1. The van der Waals surface area contributed by atoms with Crippen LogP contribution in [-0.2, 0) is 6.61 Å². The largest absolute Gasteiger partial charge is 0.459 e. The minimum Gasteiger partial charge on any atom is -0.459 e. The summed E-state index contributed by atoms with van der Waals surface area (Å²) >= 11 is 12.0. The number of nitrogens with one attached hydrogen (secondary N) is 1. The number of carbonyl (C=O) groups excluding carboxylic acids is 1. The number of carbonyl (C=O) groups is 1. The van der Waals surface area contributed by atoms with Crippen LogP contribution in [0, 0.1) is 5.82 Å². The Hall–Kier alpha value is -3.06. The summed E-state index contributed by atoms with van der Waals surface area (Å²) < 4.78 is 24.4. The lowest BCUT2D eigenvalue weighted by Gasteiger charge is -2.08. The van der Waals surface area contributed by atoms with Crippen molar-refractivity contribution in [2.45, 2.75) is 6.61 Å². The molecule has 0 aliphatic heterocycles. The van der Waals surface area contributed by atoms with Gasteiger partial charge in [0.2, 0.25) is 0 Å². The minimum atomic E-state index is -0.540. The highest BCUT2D eigenvalue weighted by molar-refractivity contribution is 6.34. The van der Waals surface area contributed by atoms with Gasteiger partial charge in [-0.25, -0.2) is 4.39 Å². The summed E-state index contributed by atoms with van der Waals surface area (Å²) in [6, 6.07) is 15.6. The first kappa shape index (κ1) is 20.2. The normalized spacial score (nSPS) is 10.9. The summed E-state index contributed by atoms with van der Waals surface area (Å²) in [5, 5.41) is 12.1. The molecule has 0 saturated carbocycles. The van der Waals surface area contributed by atoms with E-state index in [1.54, 1.807) is 36.4 Å². The van der Waals surface area contributed by atoms with E-state index in [1.807, 2.05) is 0 Å². The van der Waals surface area contributed by atoms with Crippen LogP contribution < -0.4 is 5.32 Å². The van der Waals surface area contributed by atoms with Crippen LogP contribution in [0.25, 0.3) is 22.6 Å². The van der Waals surface area contributed by atoms with E-state index >= 15 is 0 Å². The lowest BCUT2D eigenvalue weighted by atomic mass is 10.1. The molecule has 152 valence electrons. The molecule has 2 heterocycles. The quantitative estimate of drug-likeness (QED) is 0.372. The molecule has 0 unspecified atom stereocenters. The maximum atomic E-state index is 13.3. The Bertz CT molecular complexity index is 1230. The number of aliphatic hydroxyl groups is 1. The van der Waals surface area contributed by atoms with Crippen LogP contribution in [0.3, 0.4) is 0 Å². The molecule has 2 N–H and O–H groups in total. The first-order chi connectivity index (χ1) is 14.4. The third kappa shape index (κ3) is 4.11. The van der Waals surface area contributed by atoms with E-state index in [4.69, 9.17) is 37.1 Å². The van der Waals surface area contributed by atoms with Gasteiger partial charge in [0.05, 0.1) is 15.7 Å².